The summed E-state index contributed by atoms with van der Waals surface area (Å²) in [4.78, 5) is 30.5. The van der Waals surface area contributed by atoms with Gasteiger partial charge in [0.2, 0.25) is 0 Å². The van der Waals surface area contributed by atoms with Gasteiger partial charge in [0.05, 0.1) is 22.6 Å². The van der Waals surface area contributed by atoms with E-state index in [0.717, 1.165) is 14.9 Å². The normalized spacial score (nSPS) is 11.2. The molecule has 7 nitrogen and oxygen atoms in total. The molecule has 0 bridgehead atoms. The van der Waals surface area contributed by atoms with Gasteiger partial charge in [-0.05, 0) is 66.9 Å². The zero-order valence-electron chi connectivity index (χ0n) is 21.0. The first kappa shape index (κ1) is 27.3. The molecule has 0 unspecified atom stereocenters. The van der Waals surface area contributed by atoms with Crippen LogP contribution in [0.3, 0.4) is 0 Å². The van der Waals surface area contributed by atoms with Crippen molar-refractivity contribution in [2.75, 3.05) is 11.9 Å². The first-order valence-corrected chi connectivity index (χ1v) is 14.5. The zero-order valence-corrected chi connectivity index (χ0v) is 24.2. The molecule has 0 saturated heterocycles. The molecule has 0 aliphatic carbocycles. The van der Waals surface area contributed by atoms with Crippen molar-refractivity contribution in [3.8, 4) is 28.0 Å². The summed E-state index contributed by atoms with van der Waals surface area (Å²) in [6.45, 7) is 2.07. The van der Waals surface area contributed by atoms with E-state index in [1.807, 2.05) is 17.5 Å². The Balaban J connectivity index is 1.42. The maximum atomic E-state index is 13.0. The molecular weight excluding hydrogens is 610 g/mol. The molecule has 0 aliphatic rings. The fraction of sp³-hybridized carbons (Fsp3) is 0.0667. The summed E-state index contributed by atoms with van der Waals surface area (Å²) in [5.41, 5.74) is 2.63. The molecule has 1 amide bonds. The highest BCUT2D eigenvalue weighted by Gasteiger charge is 2.20. The topological polar surface area (TPSA) is 105 Å². The molecule has 5 rings (SSSR count). The Morgan fingerprint density at radius 1 is 1.07 bits per heavy atom. The van der Waals surface area contributed by atoms with Crippen LogP contribution in [0.1, 0.15) is 38.4 Å². The van der Waals surface area contributed by atoms with Crippen molar-refractivity contribution < 1.29 is 18.7 Å². The predicted molar refractivity (Wildman–Crippen MR) is 161 cm³/mol. The van der Waals surface area contributed by atoms with Gasteiger partial charge < -0.3 is 14.5 Å². The summed E-state index contributed by atoms with van der Waals surface area (Å²) >= 11 is 6.10. The number of nitriles is 1. The third kappa shape index (κ3) is 6.13. The maximum Gasteiger partial charge on any atom is 0.338 e. The maximum absolute atomic E-state index is 13.0. The van der Waals surface area contributed by atoms with Crippen LogP contribution in [0.5, 0.6) is 0 Å². The molecule has 10 heteroatoms. The molecule has 3 aromatic heterocycles. The minimum atomic E-state index is -0.381. The molecular formula is C30H20BrN3O4S2. The fourth-order valence-electron chi connectivity index (χ4n) is 3.73. The number of thiazole rings is 1. The smallest absolute Gasteiger partial charge is 0.338 e. The second-order valence-corrected chi connectivity index (χ2v) is 11.2. The molecule has 5 aromatic rings. The molecule has 0 atom stereocenters. The SMILES string of the molecule is CCOC(=O)c1ccc(-c2ccc(C=C(C#N)c3nc(-c4cccs4)c(NC(=O)c4ccc(Br)cc4)s3)o2)cc1. The summed E-state index contributed by atoms with van der Waals surface area (Å²) in [6, 6.07) is 23.6. The molecule has 0 saturated carbocycles. The summed E-state index contributed by atoms with van der Waals surface area (Å²) < 4.78 is 11.9. The highest BCUT2D eigenvalue weighted by molar-refractivity contribution is 9.10. The number of benzene rings is 2. The Kier molecular flexibility index (Phi) is 8.36. The van der Waals surface area contributed by atoms with Gasteiger partial charge in [-0.25, -0.2) is 9.78 Å². The van der Waals surface area contributed by atoms with Crippen LogP contribution in [-0.2, 0) is 4.74 Å². The lowest BCUT2D eigenvalue weighted by molar-refractivity contribution is 0.0526. The first-order valence-electron chi connectivity index (χ1n) is 12.1. The third-order valence-electron chi connectivity index (χ3n) is 5.66. The van der Waals surface area contributed by atoms with Crippen molar-refractivity contribution in [2.24, 2.45) is 0 Å². The van der Waals surface area contributed by atoms with Crippen molar-refractivity contribution in [2.45, 2.75) is 6.92 Å². The molecule has 3 heterocycles. The Hall–Kier alpha value is -4.30. The first-order chi connectivity index (χ1) is 19.4. The number of nitrogens with one attached hydrogen (secondary N) is 1. The number of halogens is 1. The van der Waals surface area contributed by atoms with Gasteiger partial charge in [-0.15, -0.1) is 11.3 Å². The number of hydrogen-bond donors (Lipinski definition) is 1. The number of amides is 1. The molecule has 0 spiro atoms. The van der Waals surface area contributed by atoms with Crippen molar-refractivity contribution >= 4 is 67.1 Å². The van der Waals surface area contributed by atoms with E-state index in [9.17, 15) is 14.9 Å². The summed E-state index contributed by atoms with van der Waals surface area (Å²) in [6.07, 6.45) is 1.62. The van der Waals surface area contributed by atoms with E-state index >= 15 is 0 Å². The number of allylic oxidation sites excluding steroid dienone is 1. The lowest BCUT2D eigenvalue weighted by Gasteiger charge is -2.04. The Morgan fingerprint density at radius 3 is 2.50 bits per heavy atom. The minimum Gasteiger partial charge on any atom is -0.462 e. The molecule has 2 aromatic carbocycles. The van der Waals surface area contributed by atoms with Crippen molar-refractivity contribution in [3.63, 3.8) is 0 Å². The van der Waals surface area contributed by atoms with E-state index in [4.69, 9.17) is 14.1 Å². The Labute approximate surface area is 246 Å². The molecule has 0 fully saturated rings. The van der Waals surface area contributed by atoms with Crippen LogP contribution in [0, 0.1) is 11.3 Å². The number of rotatable bonds is 8. The lowest BCUT2D eigenvalue weighted by Crippen LogP contribution is -2.11. The number of anilines is 1. The van der Waals surface area contributed by atoms with E-state index in [0.29, 0.717) is 50.5 Å². The molecule has 198 valence electrons. The summed E-state index contributed by atoms with van der Waals surface area (Å²) in [7, 11) is 0. The monoisotopic (exact) mass is 629 g/mol. The van der Waals surface area contributed by atoms with Gasteiger partial charge in [-0.2, -0.15) is 5.26 Å². The number of carbonyl (C=O) groups excluding carboxylic acids is 2. The minimum absolute atomic E-state index is 0.271. The predicted octanol–water partition coefficient (Wildman–Crippen LogP) is 8.39. The quantitative estimate of drug-likeness (QED) is 0.136. The molecule has 0 aliphatic heterocycles. The van der Waals surface area contributed by atoms with Gasteiger partial charge >= 0.3 is 5.97 Å². The number of esters is 1. The van der Waals surface area contributed by atoms with Crippen LogP contribution in [-0.4, -0.2) is 23.5 Å². The van der Waals surface area contributed by atoms with Gasteiger partial charge in [-0.3, -0.25) is 4.79 Å². The van der Waals surface area contributed by atoms with Gasteiger partial charge in [0, 0.05) is 21.7 Å². The largest absolute Gasteiger partial charge is 0.462 e. The lowest BCUT2D eigenvalue weighted by atomic mass is 10.1. The number of carbonyl (C=O) groups is 2. The van der Waals surface area contributed by atoms with Gasteiger partial charge in [-0.1, -0.05) is 45.5 Å². The van der Waals surface area contributed by atoms with Gasteiger partial charge in [0.25, 0.3) is 5.91 Å². The summed E-state index contributed by atoms with van der Waals surface area (Å²) in [5, 5.41) is 15.9. The van der Waals surface area contributed by atoms with Crippen LogP contribution < -0.4 is 5.32 Å². The molecule has 1 N–H and O–H groups in total. The van der Waals surface area contributed by atoms with Gasteiger partial charge in [0.1, 0.15) is 33.3 Å². The Morgan fingerprint density at radius 2 is 1.82 bits per heavy atom. The fourth-order valence-corrected chi connectivity index (χ4v) is 5.72. The third-order valence-corrected chi connectivity index (χ3v) is 8.07. The van der Waals surface area contributed by atoms with Crippen molar-refractivity contribution in [1.82, 2.24) is 4.98 Å². The highest BCUT2D eigenvalue weighted by Crippen LogP contribution is 2.39. The van der Waals surface area contributed by atoms with Crippen LogP contribution in [0.4, 0.5) is 5.00 Å². The Bertz CT molecular complexity index is 1730. The number of ether oxygens (including phenoxy) is 1. The summed E-state index contributed by atoms with van der Waals surface area (Å²) in [5.74, 6) is 0.398. The van der Waals surface area contributed by atoms with Crippen LogP contribution in [0.2, 0.25) is 0 Å². The standard InChI is InChI=1S/C30H20BrN3O4S2/c1-2-37-30(36)20-7-5-18(6-8-20)24-14-13-23(38-24)16-21(17-32)28-33-26(25-4-3-15-39-25)29(40-28)34-27(35)19-9-11-22(31)12-10-19/h3-16H,2H2,1H3,(H,34,35). The average molecular weight is 631 g/mol. The highest BCUT2D eigenvalue weighted by atomic mass is 79.9. The van der Waals surface area contributed by atoms with Crippen LogP contribution in [0.15, 0.2) is 87.1 Å². The van der Waals surface area contributed by atoms with E-state index in [-0.39, 0.29) is 11.9 Å². The second-order valence-electron chi connectivity index (χ2n) is 8.30. The van der Waals surface area contributed by atoms with E-state index in [1.54, 1.807) is 73.7 Å². The average Bonchev–Trinajstić information content (AvgIpc) is 3.74. The van der Waals surface area contributed by atoms with Crippen LogP contribution in [0.25, 0.3) is 33.5 Å². The molecule has 40 heavy (non-hydrogen) atoms. The van der Waals surface area contributed by atoms with Crippen LogP contribution >= 0.6 is 38.6 Å². The zero-order chi connectivity index (χ0) is 28.1. The van der Waals surface area contributed by atoms with E-state index < -0.39 is 0 Å². The number of aromatic nitrogens is 1. The number of nitrogens with zero attached hydrogens (tertiary/aromatic N) is 2. The van der Waals surface area contributed by atoms with E-state index in [2.05, 4.69) is 27.3 Å². The number of thiophene rings is 1. The van der Waals surface area contributed by atoms with Gasteiger partial charge in [0.15, 0.2) is 0 Å². The van der Waals surface area contributed by atoms with Crippen molar-refractivity contribution in [1.29, 1.82) is 5.26 Å². The molecule has 0 radical (unpaired) electrons. The number of furan rings is 1. The number of hydrogen-bond acceptors (Lipinski definition) is 8. The second kappa shape index (κ2) is 12.3. The van der Waals surface area contributed by atoms with E-state index in [1.165, 1.54) is 22.7 Å². The van der Waals surface area contributed by atoms with Crippen molar-refractivity contribution in [3.05, 3.63) is 105 Å².